The van der Waals surface area contributed by atoms with Crippen LogP contribution in [0, 0.1) is 11.6 Å². The molecule has 1 heterocycles. The summed E-state index contributed by atoms with van der Waals surface area (Å²) in [6.07, 6.45) is 0.658. The number of aliphatic hydroxyl groups is 1. The van der Waals surface area contributed by atoms with Crippen LogP contribution in [0.15, 0.2) is 66.7 Å². The van der Waals surface area contributed by atoms with Gasteiger partial charge in [0, 0.05) is 25.6 Å². The molecule has 0 radical (unpaired) electrons. The van der Waals surface area contributed by atoms with E-state index in [9.17, 15) is 18.7 Å². The fourth-order valence-corrected chi connectivity index (χ4v) is 4.70. The van der Waals surface area contributed by atoms with Gasteiger partial charge >= 0.3 is 0 Å². The zero-order valence-corrected chi connectivity index (χ0v) is 21.8. The molecular formula is C30H34F2N4O2. The summed E-state index contributed by atoms with van der Waals surface area (Å²) in [5.41, 5.74) is 4.31. The second kappa shape index (κ2) is 12.8. The molecule has 1 amide bonds. The zero-order chi connectivity index (χ0) is 27.1. The van der Waals surface area contributed by atoms with Crippen LogP contribution in [0.2, 0.25) is 0 Å². The first-order valence-electron chi connectivity index (χ1n) is 13.0. The molecule has 0 saturated carbocycles. The van der Waals surface area contributed by atoms with E-state index in [1.807, 2.05) is 47.9 Å². The average Bonchev–Trinajstić information content (AvgIpc) is 3.25. The third kappa shape index (κ3) is 7.02. The number of hydrogen-bond acceptors (Lipinski definition) is 4. The Labute approximate surface area is 221 Å². The van der Waals surface area contributed by atoms with Crippen LogP contribution < -0.4 is 10.6 Å². The normalized spacial score (nSPS) is 13.0. The number of aliphatic hydroxyl groups excluding tert-OH is 1. The van der Waals surface area contributed by atoms with Crippen molar-refractivity contribution >= 4 is 16.9 Å². The lowest BCUT2D eigenvalue weighted by molar-refractivity contribution is -0.123. The van der Waals surface area contributed by atoms with Gasteiger partial charge in [0.1, 0.15) is 24.0 Å². The molecule has 3 aromatic carbocycles. The van der Waals surface area contributed by atoms with Crippen molar-refractivity contribution in [3.63, 3.8) is 0 Å². The van der Waals surface area contributed by atoms with Crippen molar-refractivity contribution in [3.05, 3.63) is 101 Å². The predicted octanol–water partition coefficient (Wildman–Crippen LogP) is 4.32. The maximum atomic E-state index is 13.9. The molecule has 4 aromatic rings. The number of hydrogen-bond donors (Lipinski definition) is 3. The maximum Gasteiger partial charge on any atom is 0.240 e. The van der Waals surface area contributed by atoms with Gasteiger partial charge in [-0.05, 0) is 53.8 Å². The molecule has 0 fully saturated rings. The number of imidazole rings is 1. The van der Waals surface area contributed by atoms with Crippen LogP contribution in [0.1, 0.15) is 36.4 Å². The molecule has 1 aromatic heterocycles. The molecular weight excluding hydrogens is 486 g/mol. The second-order valence-corrected chi connectivity index (χ2v) is 9.48. The second-order valence-electron chi connectivity index (χ2n) is 9.48. The van der Waals surface area contributed by atoms with Crippen molar-refractivity contribution < 1.29 is 18.7 Å². The van der Waals surface area contributed by atoms with E-state index < -0.39 is 23.8 Å². The number of carbonyl (C=O) groups excluding carboxylic acids is 1. The Morgan fingerprint density at radius 3 is 2.42 bits per heavy atom. The Morgan fingerprint density at radius 1 is 0.947 bits per heavy atom. The largest absolute Gasteiger partial charge is 0.390 e. The average molecular weight is 521 g/mol. The van der Waals surface area contributed by atoms with Crippen LogP contribution in [0.3, 0.4) is 0 Å². The number of halogens is 2. The van der Waals surface area contributed by atoms with Gasteiger partial charge in [-0.1, -0.05) is 50.2 Å². The number of amides is 1. The molecule has 8 heteroatoms. The summed E-state index contributed by atoms with van der Waals surface area (Å²) in [7, 11) is 0. The fraction of sp³-hybridized carbons (Fsp3) is 0.333. The smallest absolute Gasteiger partial charge is 0.240 e. The van der Waals surface area contributed by atoms with Crippen molar-refractivity contribution in [1.82, 2.24) is 20.2 Å². The minimum atomic E-state index is -0.996. The number of nitrogens with zero attached hydrogens (tertiary/aromatic N) is 2. The number of rotatable bonds is 12. The van der Waals surface area contributed by atoms with Gasteiger partial charge < -0.3 is 20.3 Å². The van der Waals surface area contributed by atoms with E-state index in [-0.39, 0.29) is 25.4 Å². The lowest BCUT2D eigenvalue weighted by Gasteiger charge is -2.25. The van der Waals surface area contributed by atoms with E-state index in [4.69, 9.17) is 0 Å². The topological polar surface area (TPSA) is 79.2 Å². The van der Waals surface area contributed by atoms with Gasteiger partial charge in [-0.15, -0.1) is 0 Å². The molecule has 0 bridgehead atoms. The van der Waals surface area contributed by atoms with Crippen LogP contribution in [0.4, 0.5) is 8.78 Å². The van der Waals surface area contributed by atoms with E-state index in [0.717, 1.165) is 34.9 Å². The summed E-state index contributed by atoms with van der Waals surface area (Å²) >= 11 is 0. The number of aryl methyl sites for hydroxylation is 2. The standard InChI is InChI=1S/C30H34F2N4O2/c1-3-20-8-7-9-21(12-20)17-33-18-28(37)26(15-22-13-23(31)16-24(32)14-22)35-30(38)19-36-27-11-6-5-10-25(27)34-29(36)4-2/h5-14,16,26,28,33,37H,3-4,15,17-19H2,1-2H3,(H,35,38)/t26-,28-/m1/s1. The molecule has 0 saturated heterocycles. The van der Waals surface area contributed by atoms with Gasteiger partial charge in [-0.3, -0.25) is 4.79 Å². The summed E-state index contributed by atoms with van der Waals surface area (Å²) in [5.74, 6) is -0.946. The molecule has 38 heavy (non-hydrogen) atoms. The number of para-hydroxylation sites is 2. The minimum absolute atomic E-state index is 0.0155. The van der Waals surface area contributed by atoms with Crippen molar-refractivity contribution in [3.8, 4) is 0 Å². The lowest BCUT2D eigenvalue weighted by Crippen LogP contribution is -2.49. The van der Waals surface area contributed by atoms with E-state index >= 15 is 0 Å². The molecule has 2 atom stereocenters. The van der Waals surface area contributed by atoms with Crippen LogP contribution in [0.5, 0.6) is 0 Å². The first-order valence-corrected chi connectivity index (χ1v) is 13.0. The number of aromatic nitrogens is 2. The molecule has 0 spiro atoms. The fourth-order valence-electron chi connectivity index (χ4n) is 4.70. The highest BCUT2D eigenvalue weighted by Gasteiger charge is 2.23. The molecule has 0 aliphatic rings. The molecule has 3 N–H and O–H groups in total. The molecule has 6 nitrogen and oxygen atoms in total. The Morgan fingerprint density at radius 2 is 1.68 bits per heavy atom. The highest BCUT2D eigenvalue weighted by atomic mass is 19.1. The first kappa shape index (κ1) is 27.4. The number of carbonyl (C=O) groups is 1. The summed E-state index contributed by atoms with van der Waals surface area (Å²) in [5, 5.41) is 17.2. The van der Waals surface area contributed by atoms with E-state index in [1.54, 1.807) is 0 Å². The summed E-state index contributed by atoms with van der Waals surface area (Å²) in [6, 6.07) is 18.3. The molecule has 200 valence electrons. The Hall–Kier alpha value is -3.62. The van der Waals surface area contributed by atoms with E-state index in [2.05, 4.69) is 34.7 Å². The van der Waals surface area contributed by atoms with E-state index in [0.29, 0.717) is 18.5 Å². The summed E-state index contributed by atoms with van der Waals surface area (Å²) in [4.78, 5) is 17.8. The highest BCUT2D eigenvalue weighted by molar-refractivity contribution is 5.81. The molecule has 0 aliphatic carbocycles. The minimum Gasteiger partial charge on any atom is -0.390 e. The summed E-state index contributed by atoms with van der Waals surface area (Å²) < 4.78 is 29.6. The predicted molar refractivity (Wildman–Crippen MR) is 145 cm³/mol. The van der Waals surface area contributed by atoms with Crippen molar-refractivity contribution in [1.29, 1.82) is 0 Å². The molecule has 0 aliphatic heterocycles. The lowest BCUT2D eigenvalue weighted by atomic mass is 10.0. The van der Waals surface area contributed by atoms with Gasteiger partial charge in [0.25, 0.3) is 0 Å². The van der Waals surface area contributed by atoms with E-state index in [1.165, 1.54) is 17.7 Å². The Kier molecular flexibility index (Phi) is 9.20. The van der Waals surface area contributed by atoms with Gasteiger partial charge in [0.05, 0.1) is 23.2 Å². The monoisotopic (exact) mass is 520 g/mol. The number of benzene rings is 3. The Balaban J connectivity index is 1.48. The third-order valence-electron chi connectivity index (χ3n) is 6.62. The maximum absolute atomic E-state index is 13.9. The highest BCUT2D eigenvalue weighted by Crippen LogP contribution is 2.17. The molecule has 0 unspecified atom stereocenters. The van der Waals surface area contributed by atoms with Gasteiger partial charge in [0.15, 0.2) is 0 Å². The SMILES string of the molecule is CCc1cccc(CNC[C@@H](O)[C@@H](Cc2cc(F)cc(F)c2)NC(=O)Cn2c(CC)nc3ccccc32)c1. The summed E-state index contributed by atoms with van der Waals surface area (Å²) in [6.45, 7) is 4.81. The van der Waals surface area contributed by atoms with Crippen molar-refractivity contribution in [2.24, 2.45) is 0 Å². The van der Waals surface area contributed by atoms with Crippen molar-refractivity contribution in [2.75, 3.05) is 6.54 Å². The van der Waals surface area contributed by atoms with Crippen molar-refractivity contribution in [2.45, 2.75) is 58.3 Å². The van der Waals surface area contributed by atoms with Crippen LogP contribution >= 0.6 is 0 Å². The third-order valence-corrected chi connectivity index (χ3v) is 6.62. The van der Waals surface area contributed by atoms with Crippen LogP contribution in [0.25, 0.3) is 11.0 Å². The number of fused-ring (bicyclic) bond motifs is 1. The van der Waals surface area contributed by atoms with Gasteiger partial charge in [-0.2, -0.15) is 0 Å². The Bertz CT molecular complexity index is 1370. The quantitative estimate of drug-likeness (QED) is 0.260. The van der Waals surface area contributed by atoms with Gasteiger partial charge in [-0.25, -0.2) is 13.8 Å². The zero-order valence-electron chi connectivity index (χ0n) is 21.8. The number of nitrogens with one attached hydrogen (secondary N) is 2. The van der Waals surface area contributed by atoms with Gasteiger partial charge in [0.2, 0.25) is 5.91 Å². The first-order chi connectivity index (χ1) is 18.4. The molecule has 4 rings (SSSR count). The van der Waals surface area contributed by atoms with Crippen LogP contribution in [-0.2, 0) is 37.1 Å². The van der Waals surface area contributed by atoms with Crippen LogP contribution in [-0.4, -0.2) is 39.3 Å².